The van der Waals surface area contributed by atoms with Crippen LogP contribution in [0.25, 0.3) is 0 Å². The highest BCUT2D eigenvalue weighted by atomic mass is 16.5. The third-order valence-electron chi connectivity index (χ3n) is 3.79. The van der Waals surface area contributed by atoms with E-state index >= 15 is 0 Å². The first-order valence-corrected chi connectivity index (χ1v) is 6.42. The Morgan fingerprint density at radius 1 is 1.39 bits per heavy atom. The second-order valence-electron chi connectivity index (χ2n) is 5.40. The molecule has 6 heteroatoms. The van der Waals surface area contributed by atoms with Crippen molar-refractivity contribution in [2.24, 2.45) is 11.7 Å². The van der Waals surface area contributed by atoms with Crippen molar-refractivity contribution in [1.82, 2.24) is 10.2 Å². The zero-order chi connectivity index (χ0) is 13.2. The molecule has 3 N–H and O–H groups in total. The van der Waals surface area contributed by atoms with Gasteiger partial charge < -0.3 is 20.7 Å². The number of hydrogen-bond acceptors (Lipinski definition) is 4. The third kappa shape index (κ3) is 3.00. The van der Waals surface area contributed by atoms with Crippen LogP contribution in [0.4, 0.5) is 0 Å². The van der Waals surface area contributed by atoms with Gasteiger partial charge in [0, 0.05) is 32.1 Å². The number of likely N-dealkylation sites (tertiary alicyclic amines) is 1. The Hall–Kier alpha value is -1.14. The predicted octanol–water partition coefficient (Wildman–Crippen LogP) is -0.911. The quantitative estimate of drug-likeness (QED) is 0.681. The Labute approximate surface area is 107 Å². The number of nitrogens with zero attached hydrogens (tertiary/aromatic N) is 1. The zero-order valence-electron chi connectivity index (χ0n) is 10.8. The van der Waals surface area contributed by atoms with Gasteiger partial charge in [0.05, 0.1) is 5.60 Å². The molecule has 18 heavy (non-hydrogen) atoms. The topological polar surface area (TPSA) is 84.7 Å². The number of carbonyl (C=O) groups is 2. The smallest absolute Gasteiger partial charge is 0.248 e. The standard InChI is InChI=1S/C12H21N3O3/c1-12(7-14-8-12)18-6-10(16)15-4-2-9(3-5-15)11(13)17/h9,14H,2-8H2,1H3,(H2,13,17). The Morgan fingerprint density at radius 3 is 2.44 bits per heavy atom. The van der Waals surface area contributed by atoms with Crippen LogP contribution in [-0.4, -0.2) is 55.1 Å². The van der Waals surface area contributed by atoms with Crippen LogP contribution in [0.1, 0.15) is 19.8 Å². The molecule has 0 aliphatic carbocycles. The van der Waals surface area contributed by atoms with Crippen molar-refractivity contribution in [2.75, 3.05) is 32.8 Å². The molecule has 2 rings (SSSR count). The van der Waals surface area contributed by atoms with E-state index in [1.54, 1.807) is 4.90 Å². The molecule has 0 saturated carbocycles. The van der Waals surface area contributed by atoms with Crippen molar-refractivity contribution in [3.05, 3.63) is 0 Å². The first kappa shape index (κ1) is 13.3. The van der Waals surface area contributed by atoms with E-state index in [0.717, 1.165) is 13.1 Å². The Balaban J connectivity index is 1.72. The van der Waals surface area contributed by atoms with Crippen LogP contribution < -0.4 is 11.1 Å². The van der Waals surface area contributed by atoms with Crippen molar-refractivity contribution in [2.45, 2.75) is 25.4 Å². The summed E-state index contributed by atoms with van der Waals surface area (Å²) in [6, 6.07) is 0. The normalized spacial score (nSPS) is 23.5. The zero-order valence-corrected chi connectivity index (χ0v) is 10.8. The first-order chi connectivity index (χ1) is 8.50. The fourth-order valence-corrected chi connectivity index (χ4v) is 2.32. The van der Waals surface area contributed by atoms with E-state index in [9.17, 15) is 9.59 Å². The average molecular weight is 255 g/mol. The molecule has 0 unspecified atom stereocenters. The molecule has 0 bridgehead atoms. The number of amides is 2. The second kappa shape index (κ2) is 5.24. The molecule has 2 fully saturated rings. The van der Waals surface area contributed by atoms with Gasteiger partial charge in [0.1, 0.15) is 6.61 Å². The summed E-state index contributed by atoms with van der Waals surface area (Å²) in [7, 11) is 0. The van der Waals surface area contributed by atoms with Crippen LogP contribution in [0.3, 0.4) is 0 Å². The van der Waals surface area contributed by atoms with Gasteiger partial charge in [0.25, 0.3) is 0 Å². The van der Waals surface area contributed by atoms with E-state index in [1.807, 2.05) is 6.92 Å². The summed E-state index contributed by atoms with van der Waals surface area (Å²) in [5.74, 6) is -0.333. The number of primary amides is 1. The molecule has 0 aromatic rings. The van der Waals surface area contributed by atoms with Crippen LogP contribution in [-0.2, 0) is 14.3 Å². The monoisotopic (exact) mass is 255 g/mol. The van der Waals surface area contributed by atoms with Crippen molar-refractivity contribution < 1.29 is 14.3 Å². The molecule has 0 radical (unpaired) electrons. The van der Waals surface area contributed by atoms with E-state index in [2.05, 4.69) is 5.32 Å². The van der Waals surface area contributed by atoms with Gasteiger partial charge in [-0.3, -0.25) is 9.59 Å². The maximum atomic E-state index is 11.9. The molecule has 0 aromatic heterocycles. The number of carbonyl (C=O) groups excluding carboxylic acids is 2. The van der Waals surface area contributed by atoms with Gasteiger partial charge in [-0.15, -0.1) is 0 Å². The molecule has 2 heterocycles. The summed E-state index contributed by atoms with van der Waals surface area (Å²) in [5.41, 5.74) is 5.06. The SMILES string of the molecule is CC1(OCC(=O)N2CCC(C(N)=O)CC2)CNC1. The Kier molecular flexibility index (Phi) is 3.87. The van der Waals surface area contributed by atoms with Gasteiger partial charge in [-0.05, 0) is 19.8 Å². The van der Waals surface area contributed by atoms with Gasteiger partial charge in [-0.2, -0.15) is 0 Å². The molecule has 0 atom stereocenters. The molecular weight excluding hydrogens is 234 g/mol. The number of hydrogen-bond donors (Lipinski definition) is 2. The molecule has 102 valence electrons. The van der Waals surface area contributed by atoms with Crippen LogP contribution >= 0.6 is 0 Å². The number of rotatable bonds is 4. The van der Waals surface area contributed by atoms with Crippen LogP contribution in [0.15, 0.2) is 0 Å². The van der Waals surface area contributed by atoms with Crippen molar-refractivity contribution in [1.29, 1.82) is 0 Å². The summed E-state index contributed by atoms with van der Waals surface area (Å²) in [6.07, 6.45) is 1.33. The lowest BCUT2D eigenvalue weighted by atomic mass is 9.96. The highest BCUT2D eigenvalue weighted by molar-refractivity contribution is 5.79. The number of piperidine rings is 1. The van der Waals surface area contributed by atoms with E-state index in [4.69, 9.17) is 10.5 Å². The van der Waals surface area contributed by atoms with Crippen LogP contribution in [0, 0.1) is 5.92 Å². The fourth-order valence-electron chi connectivity index (χ4n) is 2.32. The molecule has 6 nitrogen and oxygen atoms in total. The summed E-state index contributed by atoms with van der Waals surface area (Å²) in [6.45, 7) is 4.92. The lowest BCUT2D eigenvalue weighted by Gasteiger charge is -2.39. The minimum absolute atomic E-state index is 0.00560. The Morgan fingerprint density at radius 2 is 2.00 bits per heavy atom. The van der Waals surface area contributed by atoms with Gasteiger partial charge in [0.15, 0.2) is 0 Å². The number of nitrogens with one attached hydrogen (secondary N) is 1. The average Bonchev–Trinajstić information content (AvgIpc) is 2.33. The summed E-state index contributed by atoms with van der Waals surface area (Å²) >= 11 is 0. The maximum Gasteiger partial charge on any atom is 0.248 e. The Bertz CT molecular complexity index is 333. The largest absolute Gasteiger partial charge is 0.369 e. The van der Waals surface area contributed by atoms with Crippen LogP contribution in [0.2, 0.25) is 0 Å². The highest BCUT2D eigenvalue weighted by Crippen LogP contribution is 2.18. The molecule has 2 saturated heterocycles. The lowest BCUT2D eigenvalue weighted by Crippen LogP contribution is -2.59. The van der Waals surface area contributed by atoms with E-state index in [-0.39, 0.29) is 29.9 Å². The van der Waals surface area contributed by atoms with Crippen molar-refractivity contribution in [3.63, 3.8) is 0 Å². The molecule has 0 aromatic carbocycles. The summed E-state index contributed by atoms with van der Waals surface area (Å²) in [4.78, 5) is 24.7. The first-order valence-electron chi connectivity index (χ1n) is 6.42. The number of ether oxygens (including phenoxy) is 1. The summed E-state index contributed by atoms with van der Waals surface area (Å²) < 4.78 is 5.61. The van der Waals surface area contributed by atoms with E-state index in [1.165, 1.54) is 0 Å². The van der Waals surface area contributed by atoms with E-state index < -0.39 is 0 Å². The van der Waals surface area contributed by atoms with Crippen molar-refractivity contribution in [3.8, 4) is 0 Å². The van der Waals surface area contributed by atoms with Crippen molar-refractivity contribution >= 4 is 11.8 Å². The molecule has 2 amide bonds. The fraction of sp³-hybridized carbons (Fsp3) is 0.833. The van der Waals surface area contributed by atoms with Gasteiger partial charge in [-0.25, -0.2) is 0 Å². The van der Waals surface area contributed by atoms with Gasteiger partial charge >= 0.3 is 0 Å². The molecular formula is C12H21N3O3. The maximum absolute atomic E-state index is 11.9. The number of nitrogens with two attached hydrogens (primary N) is 1. The van der Waals surface area contributed by atoms with Gasteiger partial charge in [-0.1, -0.05) is 0 Å². The molecule has 2 aliphatic heterocycles. The highest BCUT2D eigenvalue weighted by Gasteiger charge is 2.34. The second-order valence-corrected chi connectivity index (χ2v) is 5.40. The predicted molar refractivity (Wildman–Crippen MR) is 65.7 cm³/mol. The van der Waals surface area contributed by atoms with Crippen LogP contribution in [0.5, 0.6) is 0 Å². The van der Waals surface area contributed by atoms with Gasteiger partial charge in [0.2, 0.25) is 11.8 Å². The lowest BCUT2D eigenvalue weighted by molar-refractivity contribution is -0.148. The summed E-state index contributed by atoms with van der Waals surface area (Å²) in [5, 5.41) is 3.12. The molecule has 0 spiro atoms. The minimum Gasteiger partial charge on any atom is -0.369 e. The third-order valence-corrected chi connectivity index (χ3v) is 3.79. The molecule has 2 aliphatic rings. The van der Waals surface area contributed by atoms with E-state index in [0.29, 0.717) is 25.9 Å². The minimum atomic E-state index is -0.258.